The highest BCUT2D eigenvalue weighted by atomic mass is 16.5. The van der Waals surface area contributed by atoms with Gasteiger partial charge in [0.05, 0.1) is 10.9 Å². The molecule has 0 bridgehead atoms. The lowest BCUT2D eigenvalue weighted by Crippen LogP contribution is -1.96. The van der Waals surface area contributed by atoms with E-state index in [1.165, 1.54) is 0 Å². The van der Waals surface area contributed by atoms with Crippen molar-refractivity contribution in [3.63, 3.8) is 0 Å². The highest BCUT2D eigenvalue weighted by Crippen LogP contribution is 2.29. The molecule has 23 heavy (non-hydrogen) atoms. The molecule has 0 saturated heterocycles. The largest absolute Gasteiger partial charge is 0.438 e. The van der Waals surface area contributed by atoms with Gasteiger partial charge in [-0.1, -0.05) is 30.3 Å². The third-order valence-corrected chi connectivity index (χ3v) is 3.46. The van der Waals surface area contributed by atoms with E-state index in [9.17, 15) is 0 Å². The molecule has 0 unspecified atom stereocenters. The van der Waals surface area contributed by atoms with Crippen LogP contribution in [0.1, 0.15) is 0 Å². The Morgan fingerprint density at radius 2 is 1.43 bits per heavy atom. The zero-order chi connectivity index (χ0) is 15.5. The summed E-state index contributed by atoms with van der Waals surface area (Å²) in [5.41, 5.74) is 1.75. The second kappa shape index (κ2) is 5.85. The van der Waals surface area contributed by atoms with Gasteiger partial charge in [0.25, 0.3) is 0 Å². The van der Waals surface area contributed by atoms with Crippen LogP contribution in [0.5, 0.6) is 11.6 Å². The fraction of sp³-hybridized carbons (Fsp3) is 0. The van der Waals surface area contributed by atoms with Gasteiger partial charge in [0.2, 0.25) is 5.88 Å². The molecule has 0 spiro atoms. The van der Waals surface area contributed by atoms with E-state index in [2.05, 4.69) is 15.0 Å². The number of nitrogens with zero attached hydrogens (tertiary/aromatic N) is 3. The van der Waals surface area contributed by atoms with E-state index in [0.717, 1.165) is 22.2 Å². The van der Waals surface area contributed by atoms with E-state index >= 15 is 0 Å². The topological polar surface area (TPSA) is 47.9 Å². The second-order valence-corrected chi connectivity index (χ2v) is 5.02. The molecule has 4 rings (SSSR count). The molecule has 2 aromatic carbocycles. The van der Waals surface area contributed by atoms with Crippen molar-refractivity contribution in [2.45, 2.75) is 0 Å². The Kier molecular flexibility index (Phi) is 3.41. The van der Waals surface area contributed by atoms with E-state index in [0.29, 0.717) is 11.7 Å². The molecular formula is C19H13N3O. The van der Waals surface area contributed by atoms with Gasteiger partial charge in [0, 0.05) is 18.0 Å². The monoisotopic (exact) mass is 299 g/mol. The van der Waals surface area contributed by atoms with E-state index in [1.54, 1.807) is 12.4 Å². The van der Waals surface area contributed by atoms with Crippen molar-refractivity contribution in [3.05, 3.63) is 79.1 Å². The summed E-state index contributed by atoms with van der Waals surface area (Å²) in [6.07, 6.45) is 3.46. The molecule has 0 aliphatic heterocycles. The lowest BCUT2D eigenvalue weighted by atomic mass is 10.2. The molecule has 2 heterocycles. The van der Waals surface area contributed by atoms with Crippen molar-refractivity contribution in [3.8, 4) is 23.0 Å². The summed E-state index contributed by atoms with van der Waals surface area (Å²) in [5, 5.41) is 0.883. The van der Waals surface area contributed by atoms with Crippen molar-refractivity contribution in [2.75, 3.05) is 0 Å². The summed E-state index contributed by atoms with van der Waals surface area (Å²) in [7, 11) is 0. The van der Waals surface area contributed by atoms with Crippen LogP contribution in [0, 0.1) is 0 Å². The fourth-order valence-corrected chi connectivity index (χ4v) is 2.36. The molecular weight excluding hydrogens is 286 g/mol. The Labute approximate surface area is 133 Å². The fourth-order valence-electron chi connectivity index (χ4n) is 2.36. The van der Waals surface area contributed by atoms with E-state index in [-0.39, 0.29) is 0 Å². The molecule has 110 valence electrons. The van der Waals surface area contributed by atoms with Crippen LogP contribution in [0.15, 0.2) is 79.1 Å². The first-order valence-corrected chi connectivity index (χ1v) is 7.30. The van der Waals surface area contributed by atoms with Gasteiger partial charge in [0.1, 0.15) is 5.75 Å². The first-order valence-electron chi connectivity index (χ1n) is 7.30. The first kappa shape index (κ1) is 13.4. The zero-order valence-corrected chi connectivity index (χ0v) is 12.3. The summed E-state index contributed by atoms with van der Waals surface area (Å²) >= 11 is 0. The van der Waals surface area contributed by atoms with Crippen LogP contribution < -0.4 is 4.74 Å². The minimum Gasteiger partial charge on any atom is -0.438 e. The number of aromatic nitrogens is 3. The molecule has 0 amide bonds. The summed E-state index contributed by atoms with van der Waals surface area (Å²) in [4.78, 5) is 13.3. The number of pyridine rings is 1. The summed E-state index contributed by atoms with van der Waals surface area (Å²) in [6.45, 7) is 0. The number of rotatable bonds is 3. The van der Waals surface area contributed by atoms with Crippen LogP contribution in [0.25, 0.3) is 22.3 Å². The van der Waals surface area contributed by atoms with Crippen molar-refractivity contribution in [2.24, 2.45) is 0 Å². The average Bonchev–Trinajstić information content (AvgIpc) is 2.63. The van der Waals surface area contributed by atoms with Gasteiger partial charge in [0.15, 0.2) is 5.82 Å². The van der Waals surface area contributed by atoms with E-state index < -0.39 is 0 Å². The van der Waals surface area contributed by atoms with Crippen LogP contribution in [-0.2, 0) is 0 Å². The maximum atomic E-state index is 5.99. The predicted octanol–water partition coefficient (Wildman–Crippen LogP) is 4.48. The SMILES string of the molecule is c1ccc(Oc2nc(-c3ccncc3)nc3ccccc23)cc1. The Bertz CT molecular complexity index is 940. The summed E-state index contributed by atoms with van der Waals surface area (Å²) < 4.78 is 5.99. The van der Waals surface area contributed by atoms with E-state index in [4.69, 9.17) is 4.74 Å². The van der Waals surface area contributed by atoms with Crippen molar-refractivity contribution >= 4 is 10.9 Å². The molecule has 4 heteroatoms. The number of hydrogen-bond donors (Lipinski definition) is 0. The first-order chi connectivity index (χ1) is 11.4. The van der Waals surface area contributed by atoms with Gasteiger partial charge in [-0.15, -0.1) is 0 Å². The Balaban J connectivity index is 1.87. The molecule has 0 N–H and O–H groups in total. The lowest BCUT2D eigenvalue weighted by molar-refractivity contribution is 0.469. The summed E-state index contributed by atoms with van der Waals surface area (Å²) in [6, 6.07) is 21.2. The van der Waals surface area contributed by atoms with Crippen LogP contribution in [0.2, 0.25) is 0 Å². The van der Waals surface area contributed by atoms with E-state index in [1.807, 2.05) is 66.7 Å². The highest BCUT2D eigenvalue weighted by Gasteiger charge is 2.11. The minimum atomic E-state index is 0.550. The molecule has 0 fully saturated rings. The number of fused-ring (bicyclic) bond motifs is 1. The molecule has 4 aromatic rings. The number of ether oxygens (including phenoxy) is 1. The van der Waals surface area contributed by atoms with Crippen molar-refractivity contribution in [1.29, 1.82) is 0 Å². The van der Waals surface area contributed by atoms with Gasteiger partial charge in [-0.3, -0.25) is 4.98 Å². The molecule has 0 saturated carbocycles. The lowest BCUT2D eigenvalue weighted by Gasteiger charge is -2.10. The Morgan fingerprint density at radius 3 is 2.26 bits per heavy atom. The molecule has 0 atom stereocenters. The molecule has 0 aliphatic carbocycles. The number of para-hydroxylation sites is 2. The Morgan fingerprint density at radius 1 is 0.696 bits per heavy atom. The molecule has 0 radical (unpaired) electrons. The van der Waals surface area contributed by atoms with Gasteiger partial charge in [-0.25, -0.2) is 4.98 Å². The maximum absolute atomic E-state index is 5.99. The third-order valence-electron chi connectivity index (χ3n) is 3.46. The quantitative estimate of drug-likeness (QED) is 0.559. The van der Waals surface area contributed by atoms with Crippen molar-refractivity contribution < 1.29 is 4.74 Å². The molecule has 4 nitrogen and oxygen atoms in total. The number of hydrogen-bond acceptors (Lipinski definition) is 4. The van der Waals surface area contributed by atoms with Gasteiger partial charge in [-0.2, -0.15) is 4.98 Å². The number of benzene rings is 2. The molecule has 0 aliphatic rings. The highest BCUT2D eigenvalue weighted by molar-refractivity contribution is 5.85. The standard InChI is InChI=1S/C19H13N3O/c1-2-6-15(7-3-1)23-19-16-8-4-5-9-17(16)21-18(22-19)14-10-12-20-13-11-14/h1-13H. The average molecular weight is 299 g/mol. The predicted molar refractivity (Wildman–Crippen MR) is 89.3 cm³/mol. The van der Waals surface area contributed by atoms with Gasteiger partial charge in [-0.05, 0) is 36.4 Å². The summed E-state index contributed by atoms with van der Waals surface area (Å²) in [5.74, 6) is 1.92. The smallest absolute Gasteiger partial charge is 0.230 e. The van der Waals surface area contributed by atoms with Crippen molar-refractivity contribution in [1.82, 2.24) is 15.0 Å². The van der Waals surface area contributed by atoms with Crippen LogP contribution in [0.3, 0.4) is 0 Å². The third kappa shape index (κ3) is 2.74. The van der Waals surface area contributed by atoms with Gasteiger partial charge >= 0.3 is 0 Å². The molecule has 2 aromatic heterocycles. The van der Waals surface area contributed by atoms with Crippen LogP contribution >= 0.6 is 0 Å². The van der Waals surface area contributed by atoms with Gasteiger partial charge < -0.3 is 4.74 Å². The van der Waals surface area contributed by atoms with Crippen LogP contribution in [0.4, 0.5) is 0 Å². The minimum absolute atomic E-state index is 0.550. The maximum Gasteiger partial charge on any atom is 0.230 e. The zero-order valence-electron chi connectivity index (χ0n) is 12.3. The normalized spacial score (nSPS) is 10.6. The second-order valence-electron chi connectivity index (χ2n) is 5.02. The Hall–Kier alpha value is -3.27. The van der Waals surface area contributed by atoms with Crippen LogP contribution in [-0.4, -0.2) is 15.0 Å².